The molecule has 1 aliphatic rings. The lowest BCUT2D eigenvalue weighted by Gasteiger charge is -2.23. The van der Waals surface area contributed by atoms with Crippen molar-refractivity contribution in [3.05, 3.63) is 0 Å². The van der Waals surface area contributed by atoms with Crippen molar-refractivity contribution < 1.29 is 13.2 Å². The minimum Gasteiger partial charge on any atom is -0.383 e. The van der Waals surface area contributed by atoms with E-state index in [4.69, 9.17) is 4.74 Å². The van der Waals surface area contributed by atoms with Gasteiger partial charge in [0.25, 0.3) is 10.2 Å². The maximum Gasteiger partial charge on any atom is 0.279 e. The monoisotopic (exact) mass is 237 g/mol. The van der Waals surface area contributed by atoms with E-state index in [0.717, 1.165) is 19.5 Å². The van der Waals surface area contributed by atoms with Gasteiger partial charge in [-0.15, -0.1) is 0 Å². The van der Waals surface area contributed by atoms with Crippen molar-refractivity contribution in [3.63, 3.8) is 0 Å². The van der Waals surface area contributed by atoms with Gasteiger partial charge in [0, 0.05) is 33.3 Å². The Morgan fingerprint density at radius 3 is 2.87 bits per heavy atom. The molecule has 0 aliphatic carbocycles. The van der Waals surface area contributed by atoms with Gasteiger partial charge in [-0.2, -0.15) is 17.4 Å². The van der Waals surface area contributed by atoms with Crippen molar-refractivity contribution >= 4 is 10.2 Å². The summed E-state index contributed by atoms with van der Waals surface area (Å²) in [7, 11) is -0.208. The summed E-state index contributed by atoms with van der Waals surface area (Å²) < 4.78 is 32.1. The van der Waals surface area contributed by atoms with Gasteiger partial charge in [0.05, 0.1) is 6.61 Å². The molecule has 15 heavy (non-hydrogen) atoms. The zero-order valence-electron chi connectivity index (χ0n) is 9.19. The van der Waals surface area contributed by atoms with E-state index < -0.39 is 10.2 Å². The average Bonchev–Trinajstić information content (AvgIpc) is 2.69. The van der Waals surface area contributed by atoms with Crippen molar-refractivity contribution in [2.75, 3.05) is 40.4 Å². The first-order valence-corrected chi connectivity index (χ1v) is 6.44. The van der Waals surface area contributed by atoms with E-state index >= 15 is 0 Å². The van der Waals surface area contributed by atoms with Gasteiger partial charge in [-0.1, -0.05) is 0 Å². The molecule has 1 atom stereocenters. The van der Waals surface area contributed by atoms with Crippen LogP contribution in [0.15, 0.2) is 0 Å². The number of nitrogens with zero attached hydrogens (tertiary/aromatic N) is 1. The van der Waals surface area contributed by atoms with Crippen LogP contribution in [0, 0.1) is 0 Å². The highest BCUT2D eigenvalue weighted by atomic mass is 32.2. The maximum absolute atomic E-state index is 11.7. The molecule has 0 aromatic carbocycles. The average molecular weight is 237 g/mol. The number of rotatable bonds is 6. The van der Waals surface area contributed by atoms with E-state index in [1.807, 2.05) is 0 Å². The van der Waals surface area contributed by atoms with Crippen molar-refractivity contribution in [2.45, 2.75) is 12.5 Å². The zero-order valence-corrected chi connectivity index (χ0v) is 10.0. The number of methoxy groups -OCH3 is 1. The zero-order chi connectivity index (χ0) is 11.3. The number of nitrogens with one attached hydrogen (secondary N) is 2. The molecule has 1 heterocycles. The molecule has 1 unspecified atom stereocenters. The quantitative estimate of drug-likeness (QED) is 0.567. The molecule has 0 radical (unpaired) electrons. The standard InChI is InChI=1S/C8H19N3O3S/c1-11(8-3-4-9-7-8)15(12,13)10-5-6-14-2/h8-10H,3-7H2,1-2H3. The van der Waals surface area contributed by atoms with Crippen LogP contribution in [0.4, 0.5) is 0 Å². The van der Waals surface area contributed by atoms with Crippen LogP contribution in [0.25, 0.3) is 0 Å². The Morgan fingerprint density at radius 1 is 1.60 bits per heavy atom. The second kappa shape index (κ2) is 5.76. The molecule has 0 bridgehead atoms. The number of ether oxygens (including phenoxy) is 1. The second-order valence-electron chi connectivity index (χ2n) is 3.56. The number of hydrogen-bond acceptors (Lipinski definition) is 4. The molecular formula is C8H19N3O3S. The minimum absolute atomic E-state index is 0.0602. The summed E-state index contributed by atoms with van der Waals surface area (Å²) in [6.07, 6.45) is 0.863. The first kappa shape index (κ1) is 12.9. The Bertz CT molecular complexity index is 275. The first-order chi connectivity index (χ1) is 7.08. The van der Waals surface area contributed by atoms with Gasteiger partial charge in [-0.3, -0.25) is 0 Å². The lowest BCUT2D eigenvalue weighted by Crippen LogP contribution is -2.45. The smallest absolute Gasteiger partial charge is 0.279 e. The van der Waals surface area contributed by atoms with E-state index in [1.165, 1.54) is 4.31 Å². The van der Waals surface area contributed by atoms with Crippen LogP contribution in [0.1, 0.15) is 6.42 Å². The molecule has 0 spiro atoms. The van der Waals surface area contributed by atoms with E-state index in [9.17, 15) is 8.42 Å². The summed E-state index contributed by atoms with van der Waals surface area (Å²) >= 11 is 0. The summed E-state index contributed by atoms with van der Waals surface area (Å²) in [4.78, 5) is 0. The molecule has 0 aromatic heterocycles. The van der Waals surface area contributed by atoms with Gasteiger partial charge in [0.15, 0.2) is 0 Å². The van der Waals surface area contributed by atoms with Crippen molar-refractivity contribution in [1.29, 1.82) is 0 Å². The van der Waals surface area contributed by atoms with Gasteiger partial charge in [-0.25, -0.2) is 0 Å². The predicted molar refractivity (Wildman–Crippen MR) is 57.8 cm³/mol. The van der Waals surface area contributed by atoms with Gasteiger partial charge < -0.3 is 10.1 Å². The Balaban J connectivity index is 2.44. The fraction of sp³-hybridized carbons (Fsp3) is 1.00. The number of likely N-dealkylation sites (N-methyl/N-ethyl adjacent to an activating group) is 1. The SMILES string of the molecule is COCCNS(=O)(=O)N(C)C1CCNC1. The second-order valence-corrected chi connectivity index (χ2v) is 5.37. The Hall–Kier alpha value is -0.210. The summed E-state index contributed by atoms with van der Waals surface area (Å²) in [5, 5.41) is 3.13. The van der Waals surface area contributed by atoms with Gasteiger partial charge in [0.2, 0.25) is 0 Å². The fourth-order valence-corrected chi connectivity index (χ4v) is 2.64. The topological polar surface area (TPSA) is 70.7 Å². The molecule has 0 aromatic rings. The highest BCUT2D eigenvalue weighted by Crippen LogP contribution is 2.09. The third-order valence-electron chi connectivity index (χ3n) is 2.52. The third kappa shape index (κ3) is 3.69. The van der Waals surface area contributed by atoms with E-state index in [-0.39, 0.29) is 6.04 Å². The summed E-state index contributed by atoms with van der Waals surface area (Å²) in [6.45, 7) is 2.30. The molecule has 6 nitrogen and oxygen atoms in total. The van der Waals surface area contributed by atoms with Crippen molar-refractivity contribution in [1.82, 2.24) is 14.3 Å². The Labute approximate surface area is 91.2 Å². The van der Waals surface area contributed by atoms with Gasteiger partial charge in [-0.05, 0) is 13.0 Å². The molecule has 0 saturated carbocycles. The number of hydrogen-bond donors (Lipinski definition) is 2. The molecular weight excluding hydrogens is 218 g/mol. The van der Waals surface area contributed by atoms with E-state index in [0.29, 0.717) is 13.2 Å². The molecule has 0 amide bonds. The Kier molecular flexibility index (Phi) is 4.94. The lowest BCUT2D eigenvalue weighted by atomic mass is 10.3. The summed E-state index contributed by atoms with van der Waals surface area (Å²) in [5.41, 5.74) is 0. The van der Waals surface area contributed by atoms with Gasteiger partial charge >= 0.3 is 0 Å². The van der Waals surface area contributed by atoms with Crippen LogP contribution in [0.3, 0.4) is 0 Å². The molecule has 1 fully saturated rings. The molecule has 2 N–H and O–H groups in total. The Morgan fingerprint density at radius 2 is 2.33 bits per heavy atom. The van der Waals surface area contributed by atoms with Crippen LogP contribution in [0.5, 0.6) is 0 Å². The lowest BCUT2D eigenvalue weighted by molar-refractivity contribution is 0.203. The fourth-order valence-electron chi connectivity index (χ4n) is 1.52. The minimum atomic E-state index is -3.35. The highest BCUT2D eigenvalue weighted by molar-refractivity contribution is 7.87. The maximum atomic E-state index is 11.7. The molecule has 7 heteroatoms. The molecule has 1 rings (SSSR count). The summed E-state index contributed by atoms with van der Waals surface area (Å²) in [5.74, 6) is 0. The molecule has 90 valence electrons. The predicted octanol–water partition coefficient (Wildman–Crippen LogP) is -1.24. The first-order valence-electron chi connectivity index (χ1n) is 5.00. The van der Waals surface area contributed by atoms with E-state index in [1.54, 1.807) is 14.2 Å². The van der Waals surface area contributed by atoms with Crippen LogP contribution in [-0.2, 0) is 14.9 Å². The van der Waals surface area contributed by atoms with Crippen LogP contribution < -0.4 is 10.0 Å². The van der Waals surface area contributed by atoms with Crippen LogP contribution in [-0.4, -0.2) is 59.2 Å². The normalized spacial score (nSPS) is 22.5. The van der Waals surface area contributed by atoms with E-state index in [2.05, 4.69) is 10.0 Å². The van der Waals surface area contributed by atoms with Crippen LogP contribution in [0.2, 0.25) is 0 Å². The van der Waals surface area contributed by atoms with Crippen LogP contribution >= 0.6 is 0 Å². The van der Waals surface area contributed by atoms with Crippen molar-refractivity contribution in [2.24, 2.45) is 0 Å². The van der Waals surface area contributed by atoms with Gasteiger partial charge in [0.1, 0.15) is 0 Å². The molecule has 1 aliphatic heterocycles. The summed E-state index contributed by atoms with van der Waals surface area (Å²) in [6, 6.07) is 0.0602. The third-order valence-corrected chi connectivity index (χ3v) is 4.14. The highest BCUT2D eigenvalue weighted by Gasteiger charge is 2.27. The largest absolute Gasteiger partial charge is 0.383 e. The molecule has 1 saturated heterocycles. The van der Waals surface area contributed by atoms with Crippen molar-refractivity contribution in [3.8, 4) is 0 Å².